The van der Waals surface area contributed by atoms with Gasteiger partial charge in [-0.05, 0) is 12.1 Å². The van der Waals surface area contributed by atoms with Gasteiger partial charge < -0.3 is 15.7 Å². The molecule has 1 aromatic rings. The Morgan fingerprint density at radius 3 is 2.42 bits per heavy atom. The largest absolute Gasteiger partial charge is 0.480 e. The molecule has 0 spiro atoms. The van der Waals surface area contributed by atoms with Gasteiger partial charge in [-0.3, -0.25) is 14.4 Å². The summed E-state index contributed by atoms with van der Waals surface area (Å²) in [4.78, 5) is 36.7. The zero-order valence-electron chi connectivity index (χ0n) is 9.44. The summed E-state index contributed by atoms with van der Waals surface area (Å²) in [5, 5.41) is 12.8. The Kier molecular flexibility index (Phi) is 5.53. The summed E-state index contributed by atoms with van der Waals surface area (Å²) in [5.74, 6) is -2.42. The predicted octanol–water partition coefficient (Wildman–Crippen LogP) is 0.319. The third-order valence-electron chi connectivity index (χ3n) is 1.91. The van der Waals surface area contributed by atoms with Gasteiger partial charge in [-0.2, -0.15) is 0 Å². The zero-order chi connectivity index (χ0) is 14.4. The van der Waals surface area contributed by atoms with Crippen LogP contribution >= 0.6 is 23.2 Å². The van der Waals surface area contributed by atoms with Crippen LogP contribution in [0.1, 0.15) is 10.4 Å². The minimum Gasteiger partial charge on any atom is -0.480 e. The van der Waals surface area contributed by atoms with Crippen LogP contribution in [0.5, 0.6) is 0 Å². The van der Waals surface area contributed by atoms with Crippen molar-refractivity contribution < 1.29 is 19.5 Å². The molecule has 0 bridgehead atoms. The molecule has 0 saturated heterocycles. The lowest BCUT2D eigenvalue weighted by molar-refractivity contribution is -0.137. The highest BCUT2D eigenvalue weighted by Gasteiger charge is 2.13. The number of carboxylic acid groups (broad SMARTS) is 1. The predicted molar refractivity (Wildman–Crippen MR) is 67.2 cm³/mol. The van der Waals surface area contributed by atoms with Gasteiger partial charge in [0.2, 0.25) is 5.91 Å². The number of carbonyl (C=O) groups excluding carboxylic acids is 2. The normalized spacial score (nSPS) is 9.79. The van der Waals surface area contributed by atoms with Gasteiger partial charge in [0.1, 0.15) is 16.9 Å². The molecule has 3 N–H and O–H groups in total. The molecule has 9 heteroatoms. The number of rotatable bonds is 5. The first kappa shape index (κ1) is 15.2. The minimum absolute atomic E-state index is 0.0668. The molecule has 0 radical (unpaired) electrons. The van der Waals surface area contributed by atoms with Crippen LogP contribution < -0.4 is 10.6 Å². The van der Waals surface area contributed by atoms with E-state index in [-0.39, 0.29) is 22.4 Å². The van der Waals surface area contributed by atoms with E-state index < -0.39 is 24.3 Å². The van der Waals surface area contributed by atoms with Crippen molar-refractivity contribution in [2.45, 2.75) is 0 Å². The summed E-state index contributed by atoms with van der Waals surface area (Å²) in [6.45, 7) is -0.886. The highest BCUT2D eigenvalue weighted by atomic mass is 35.5. The minimum atomic E-state index is -1.18. The highest BCUT2D eigenvalue weighted by molar-refractivity contribution is 6.34. The molecule has 0 aliphatic rings. The van der Waals surface area contributed by atoms with Gasteiger partial charge in [0.05, 0.1) is 12.1 Å². The second-order valence-electron chi connectivity index (χ2n) is 3.33. The van der Waals surface area contributed by atoms with E-state index in [1.807, 2.05) is 0 Å². The standard InChI is InChI=1S/C10H9Cl2N3O4/c11-6-2-1-5(9(12)15-6)10(19)14-3-7(16)13-4-8(17)18/h1-2H,3-4H2,(H,13,16)(H,14,19)(H,17,18). The molecule has 1 heterocycles. The summed E-state index contributed by atoms with van der Waals surface area (Å²) < 4.78 is 0. The average Bonchev–Trinajstić information content (AvgIpc) is 2.33. The Hall–Kier alpha value is -1.86. The van der Waals surface area contributed by atoms with Crippen LogP contribution in [0.25, 0.3) is 0 Å². The first-order chi connectivity index (χ1) is 8.90. The smallest absolute Gasteiger partial charge is 0.322 e. The maximum absolute atomic E-state index is 11.6. The van der Waals surface area contributed by atoms with Gasteiger partial charge in [0.15, 0.2) is 0 Å². The Labute approximate surface area is 117 Å². The zero-order valence-corrected chi connectivity index (χ0v) is 11.0. The first-order valence-electron chi connectivity index (χ1n) is 4.99. The van der Waals surface area contributed by atoms with E-state index in [4.69, 9.17) is 28.3 Å². The highest BCUT2D eigenvalue weighted by Crippen LogP contribution is 2.16. The summed E-state index contributed by atoms with van der Waals surface area (Å²) >= 11 is 11.3. The van der Waals surface area contributed by atoms with Crippen LogP contribution in [0, 0.1) is 0 Å². The molecule has 2 amide bonds. The Morgan fingerprint density at radius 2 is 1.84 bits per heavy atom. The lowest BCUT2D eigenvalue weighted by Crippen LogP contribution is -2.39. The van der Waals surface area contributed by atoms with E-state index in [2.05, 4.69) is 15.6 Å². The fraction of sp³-hybridized carbons (Fsp3) is 0.200. The molecule has 0 aliphatic heterocycles. The van der Waals surface area contributed by atoms with Gasteiger partial charge >= 0.3 is 5.97 Å². The number of halogens is 2. The quantitative estimate of drug-likeness (QED) is 0.679. The first-order valence-corrected chi connectivity index (χ1v) is 5.74. The van der Waals surface area contributed by atoms with Crippen LogP contribution in [0.2, 0.25) is 10.3 Å². The van der Waals surface area contributed by atoms with Crippen molar-refractivity contribution in [1.82, 2.24) is 15.6 Å². The molecular weight excluding hydrogens is 297 g/mol. The summed E-state index contributed by atoms with van der Waals surface area (Å²) in [6.07, 6.45) is 0. The van der Waals surface area contributed by atoms with E-state index in [0.29, 0.717) is 0 Å². The molecular formula is C10H9Cl2N3O4. The molecule has 0 aliphatic carbocycles. The van der Waals surface area contributed by atoms with E-state index in [1.165, 1.54) is 12.1 Å². The van der Waals surface area contributed by atoms with Crippen molar-refractivity contribution in [2.24, 2.45) is 0 Å². The van der Waals surface area contributed by atoms with E-state index >= 15 is 0 Å². The number of hydrogen-bond donors (Lipinski definition) is 3. The van der Waals surface area contributed by atoms with Crippen LogP contribution in [0.4, 0.5) is 0 Å². The van der Waals surface area contributed by atoms with E-state index in [9.17, 15) is 14.4 Å². The summed E-state index contributed by atoms with van der Waals surface area (Å²) in [7, 11) is 0. The third-order valence-corrected chi connectivity index (χ3v) is 2.40. The van der Waals surface area contributed by atoms with Crippen molar-refractivity contribution in [3.8, 4) is 0 Å². The molecule has 0 unspecified atom stereocenters. The maximum atomic E-state index is 11.6. The van der Waals surface area contributed by atoms with E-state index in [0.717, 1.165) is 0 Å². The third kappa shape index (κ3) is 5.11. The molecule has 1 rings (SSSR count). The molecule has 0 fully saturated rings. The number of hydrogen-bond acceptors (Lipinski definition) is 4. The number of pyridine rings is 1. The van der Waals surface area contributed by atoms with Crippen molar-refractivity contribution in [3.63, 3.8) is 0 Å². The topological polar surface area (TPSA) is 108 Å². The molecule has 1 aromatic heterocycles. The van der Waals surface area contributed by atoms with Crippen LogP contribution in [0.15, 0.2) is 12.1 Å². The molecule has 0 saturated carbocycles. The Bertz CT molecular complexity index is 521. The van der Waals surface area contributed by atoms with Crippen molar-refractivity contribution in [2.75, 3.05) is 13.1 Å². The second-order valence-corrected chi connectivity index (χ2v) is 4.07. The van der Waals surface area contributed by atoms with Crippen molar-refractivity contribution >= 4 is 41.0 Å². The Balaban J connectivity index is 2.51. The fourth-order valence-corrected chi connectivity index (χ4v) is 1.50. The maximum Gasteiger partial charge on any atom is 0.322 e. The molecule has 0 atom stereocenters. The second kappa shape index (κ2) is 6.91. The van der Waals surface area contributed by atoms with E-state index in [1.54, 1.807) is 0 Å². The fourth-order valence-electron chi connectivity index (χ4n) is 1.07. The number of carbonyl (C=O) groups is 3. The van der Waals surface area contributed by atoms with Crippen LogP contribution in [-0.4, -0.2) is 41.0 Å². The lowest BCUT2D eigenvalue weighted by Gasteiger charge is -2.06. The van der Waals surface area contributed by atoms with Crippen LogP contribution in [0.3, 0.4) is 0 Å². The number of nitrogens with zero attached hydrogens (tertiary/aromatic N) is 1. The van der Waals surface area contributed by atoms with Gasteiger partial charge in [0, 0.05) is 0 Å². The number of nitrogens with one attached hydrogen (secondary N) is 2. The van der Waals surface area contributed by atoms with Crippen molar-refractivity contribution in [3.05, 3.63) is 28.0 Å². The Morgan fingerprint density at radius 1 is 1.16 bits per heavy atom. The van der Waals surface area contributed by atoms with Gasteiger partial charge in [0.25, 0.3) is 5.91 Å². The van der Waals surface area contributed by atoms with Crippen molar-refractivity contribution in [1.29, 1.82) is 0 Å². The monoisotopic (exact) mass is 305 g/mol. The number of aromatic nitrogens is 1. The molecule has 19 heavy (non-hydrogen) atoms. The van der Waals surface area contributed by atoms with Gasteiger partial charge in [-0.25, -0.2) is 4.98 Å². The molecule has 7 nitrogen and oxygen atoms in total. The average molecular weight is 306 g/mol. The number of carboxylic acids is 1. The van der Waals surface area contributed by atoms with Gasteiger partial charge in [-0.15, -0.1) is 0 Å². The van der Waals surface area contributed by atoms with Gasteiger partial charge in [-0.1, -0.05) is 23.2 Å². The van der Waals surface area contributed by atoms with Crippen LogP contribution in [-0.2, 0) is 9.59 Å². The lowest BCUT2D eigenvalue weighted by atomic mass is 10.2. The number of aliphatic carboxylic acids is 1. The number of amides is 2. The molecule has 0 aromatic carbocycles. The summed E-state index contributed by atoms with van der Waals surface area (Å²) in [6, 6.07) is 2.75. The molecule has 102 valence electrons. The SMILES string of the molecule is O=C(O)CNC(=O)CNC(=O)c1ccc(Cl)nc1Cl. The summed E-state index contributed by atoms with van der Waals surface area (Å²) in [5.41, 5.74) is 0.0668.